The molecule has 1 aromatic heterocycles. The van der Waals surface area contributed by atoms with Gasteiger partial charge in [0.1, 0.15) is 27.6 Å². The first-order chi connectivity index (χ1) is 16.3. The molecule has 0 saturated heterocycles. The number of rotatable bonds is 5. The van der Waals surface area contributed by atoms with E-state index in [1.807, 2.05) is 0 Å². The number of benzene rings is 1. The van der Waals surface area contributed by atoms with E-state index >= 15 is 0 Å². The molecule has 4 N–H and O–H groups in total. The third kappa shape index (κ3) is 5.43. The second-order valence-corrected chi connectivity index (χ2v) is 11.1. The van der Waals surface area contributed by atoms with Gasteiger partial charge in [-0.1, -0.05) is 12.0 Å². The SMILES string of the molecule is C#CCOc1cnc(C(F)=Cc2ccc(F)c(C3(C)CS(O)(O)C(C)(C)C(NC(=O)O)=N3)c2)cn1. The molecule has 0 aliphatic carbocycles. The van der Waals surface area contributed by atoms with Crippen LogP contribution in [0.3, 0.4) is 0 Å². The van der Waals surface area contributed by atoms with Crippen LogP contribution >= 0.6 is 10.6 Å². The molecule has 1 aromatic carbocycles. The van der Waals surface area contributed by atoms with Crippen LogP contribution < -0.4 is 10.1 Å². The quantitative estimate of drug-likeness (QED) is 0.438. The van der Waals surface area contributed by atoms with Crippen molar-refractivity contribution in [2.45, 2.75) is 31.1 Å². The number of nitrogens with one attached hydrogen (secondary N) is 1. The van der Waals surface area contributed by atoms with Crippen LogP contribution in [0.1, 0.15) is 37.6 Å². The van der Waals surface area contributed by atoms with Gasteiger partial charge in [0.05, 0.1) is 18.1 Å². The van der Waals surface area contributed by atoms with Gasteiger partial charge in [-0.2, -0.15) is 10.6 Å². The Bertz CT molecular complexity index is 1240. The molecule has 0 saturated carbocycles. The minimum atomic E-state index is -3.47. The Morgan fingerprint density at radius 1 is 1.31 bits per heavy atom. The van der Waals surface area contributed by atoms with Crippen LogP contribution in [0, 0.1) is 18.2 Å². The molecule has 9 nitrogen and oxygen atoms in total. The summed E-state index contributed by atoms with van der Waals surface area (Å²) in [7, 11) is -3.47. The minimum absolute atomic E-state index is 0.0164. The fraction of sp³-hybridized carbons (Fsp3) is 0.304. The fourth-order valence-corrected chi connectivity index (χ4v) is 5.22. The van der Waals surface area contributed by atoms with Crippen molar-refractivity contribution in [1.82, 2.24) is 15.3 Å². The van der Waals surface area contributed by atoms with Crippen LogP contribution in [0.2, 0.25) is 0 Å². The van der Waals surface area contributed by atoms with E-state index in [0.717, 1.165) is 18.3 Å². The number of carboxylic acid groups (broad SMARTS) is 1. The first kappa shape index (κ1) is 26.1. The van der Waals surface area contributed by atoms with Crippen LogP contribution in [-0.4, -0.2) is 53.2 Å². The van der Waals surface area contributed by atoms with E-state index < -0.39 is 38.6 Å². The minimum Gasteiger partial charge on any atom is -0.465 e. The van der Waals surface area contributed by atoms with Crippen molar-refractivity contribution in [3.8, 4) is 18.2 Å². The predicted octanol–water partition coefficient (Wildman–Crippen LogP) is 4.52. The first-order valence-electron chi connectivity index (χ1n) is 10.2. The zero-order valence-electron chi connectivity index (χ0n) is 19.1. The Morgan fingerprint density at radius 3 is 2.63 bits per heavy atom. The standard InChI is InChI=1S/C23H24F2N4O5S/c1-5-8-34-19-12-26-18(11-27-19)17(25)10-14-6-7-16(24)15(9-14)23(4)13-35(32,33)22(2,3)20(29-23)28-21(30)31/h1,6-7,9-12,32-33H,8,13H2,2-4H3,(H,28,29)(H,30,31). The van der Waals surface area contributed by atoms with Crippen molar-refractivity contribution in [3.05, 3.63) is 53.2 Å². The van der Waals surface area contributed by atoms with Crippen LogP contribution in [-0.2, 0) is 5.54 Å². The average Bonchev–Trinajstić information content (AvgIpc) is 2.77. The summed E-state index contributed by atoms with van der Waals surface area (Å²) in [6.45, 7) is 4.30. The highest BCUT2D eigenvalue weighted by Gasteiger charge is 2.50. The van der Waals surface area contributed by atoms with E-state index in [4.69, 9.17) is 11.2 Å². The molecule has 35 heavy (non-hydrogen) atoms. The number of aromatic nitrogens is 2. The lowest BCUT2D eigenvalue weighted by Gasteiger charge is -2.53. The molecule has 0 bridgehead atoms. The highest BCUT2D eigenvalue weighted by atomic mass is 32.3. The normalized spacial score (nSPS) is 21.9. The third-order valence-corrected chi connectivity index (χ3v) is 8.29. The monoisotopic (exact) mass is 506 g/mol. The molecular weight excluding hydrogens is 482 g/mol. The van der Waals surface area contributed by atoms with E-state index in [-0.39, 0.29) is 40.9 Å². The summed E-state index contributed by atoms with van der Waals surface area (Å²) in [5.41, 5.74) is -1.48. The number of carbonyl (C=O) groups is 1. The first-order valence-corrected chi connectivity index (χ1v) is 11.9. The van der Waals surface area contributed by atoms with Gasteiger partial charge in [0, 0.05) is 5.56 Å². The summed E-state index contributed by atoms with van der Waals surface area (Å²) in [6, 6.07) is 3.72. The lowest BCUT2D eigenvalue weighted by atomic mass is 9.91. The number of aliphatic imine (C=N–C) groups is 1. The summed E-state index contributed by atoms with van der Waals surface area (Å²) in [6.07, 6.45) is 7.10. The molecule has 0 radical (unpaired) electrons. The highest BCUT2D eigenvalue weighted by Crippen LogP contribution is 2.59. The Morgan fingerprint density at radius 2 is 2.03 bits per heavy atom. The van der Waals surface area contributed by atoms with Crippen molar-refractivity contribution in [3.63, 3.8) is 0 Å². The van der Waals surface area contributed by atoms with E-state index in [2.05, 4.69) is 26.2 Å². The molecule has 1 unspecified atom stereocenters. The molecule has 1 aliphatic heterocycles. The lowest BCUT2D eigenvalue weighted by molar-refractivity contribution is 0.199. The largest absolute Gasteiger partial charge is 0.465 e. The third-order valence-electron chi connectivity index (χ3n) is 5.49. The van der Waals surface area contributed by atoms with E-state index in [0.29, 0.717) is 0 Å². The molecule has 12 heteroatoms. The predicted molar refractivity (Wildman–Crippen MR) is 129 cm³/mol. The van der Waals surface area contributed by atoms with Crippen molar-refractivity contribution in [1.29, 1.82) is 0 Å². The Labute approximate surface area is 202 Å². The number of ether oxygens (including phenoxy) is 1. The summed E-state index contributed by atoms with van der Waals surface area (Å²) in [5, 5.41) is 11.3. The molecule has 3 rings (SSSR count). The molecule has 0 spiro atoms. The van der Waals surface area contributed by atoms with Crippen LogP contribution in [0.4, 0.5) is 13.6 Å². The smallest absolute Gasteiger partial charge is 0.410 e. The zero-order chi connectivity index (χ0) is 26.0. The molecule has 1 amide bonds. The number of amidine groups is 1. The highest BCUT2D eigenvalue weighted by molar-refractivity contribution is 8.26. The average molecular weight is 507 g/mol. The number of halogens is 2. The maximum atomic E-state index is 14.9. The summed E-state index contributed by atoms with van der Waals surface area (Å²) in [4.78, 5) is 23.5. The molecule has 2 heterocycles. The fourth-order valence-electron chi connectivity index (χ4n) is 3.45. The van der Waals surface area contributed by atoms with Crippen LogP contribution in [0.25, 0.3) is 11.9 Å². The zero-order valence-corrected chi connectivity index (χ0v) is 19.9. The van der Waals surface area contributed by atoms with Gasteiger partial charge in [-0.3, -0.25) is 19.4 Å². The number of hydrogen-bond acceptors (Lipinski definition) is 7. The van der Waals surface area contributed by atoms with Crippen molar-refractivity contribution in [2.75, 3.05) is 12.4 Å². The summed E-state index contributed by atoms with van der Waals surface area (Å²) in [5.74, 6) is 0.315. The summed E-state index contributed by atoms with van der Waals surface area (Å²) >= 11 is 0. The van der Waals surface area contributed by atoms with Gasteiger partial charge in [0.25, 0.3) is 0 Å². The second-order valence-electron chi connectivity index (χ2n) is 8.45. The topological polar surface area (TPSA) is 137 Å². The van der Waals surface area contributed by atoms with Gasteiger partial charge >= 0.3 is 6.09 Å². The molecule has 1 aliphatic rings. The van der Waals surface area contributed by atoms with Gasteiger partial charge in [0.2, 0.25) is 5.88 Å². The van der Waals surface area contributed by atoms with E-state index in [9.17, 15) is 27.8 Å². The maximum Gasteiger partial charge on any atom is 0.410 e. The van der Waals surface area contributed by atoms with E-state index in [1.54, 1.807) is 0 Å². The molecular formula is C23H24F2N4O5S. The Kier molecular flexibility index (Phi) is 7.16. The van der Waals surface area contributed by atoms with Crippen molar-refractivity contribution < 1.29 is 32.5 Å². The summed E-state index contributed by atoms with van der Waals surface area (Å²) < 4.78 is 55.0. The van der Waals surface area contributed by atoms with Gasteiger partial charge < -0.3 is 9.84 Å². The molecule has 0 fully saturated rings. The molecule has 186 valence electrons. The number of nitrogens with zero attached hydrogens (tertiary/aromatic N) is 3. The Balaban J connectivity index is 2.01. The number of terminal acetylenes is 1. The van der Waals surface area contributed by atoms with Gasteiger partial charge in [0.15, 0.2) is 12.4 Å². The number of amides is 1. The molecule has 1 atom stereocenters. The lowest BCUT2D eigenvalue weighted by Crippen LogP contribution is -2.55. The number of hydrogen-bond donors (Lipinski definition) is 4. The molecule has 2 aromatic rings. The van der Waals surface area contributed by atoms with Gasteiger partial charge in [-0.05, 0) is 44.5 Å². The van der Waals surface area contributed by atoms with Crippen LogP contribution in [0.5, 0.6) is 5.88 Å². The van der Waals surface area contributed by atoms with Crippen molar-refractivity contribution in [2.24, 2.45) is 4.99 Å². The Hall–Kier alpha value is -3.53. The second kappa shape index (κ2) is 9.61. The van der Waals surface area contributed by atoms with Gasteiger partial charge in [-0.15, -0.1) is 6.42 Å². The van der Waals surface area contributed by atoms with Crippen molar-refractivity contribution >= 4 is 34.4 Å². The van der Waals surface area contributed by atoms with Gasteiger partial charge in [-0.25, -0.2) is 23.5 Å². The maximum absolute atomic E-state index is 14.9. The van der Waals surface area contributed by atoms with E-state index in [1.165, 1.54) is 39.1 Å². The van der Waals surface area contributed by atoms with Crippen LogP contribution in [0.15, 0.2) is 35.6 Å².